The molecule has 0 aromatic carbocycles. The second-order valence-corrected chi connectivity index (χ2v) is 2.02. The maximum atomic E-state index is 9.52. The number of aliphatic carboxylic acids is 2. The SMILES string of the molecule is CCOCC(=O)[O-].CCOCC(=O)[O-].[PbH2+2]. The molecule has 0 amide bonds. The van der Waals surface area contributed by atoms with Crippen LogP contribution < -0.4 is 10.2 Å². The normalized spacial score (nSPS) is 8.13. The molecule has 0 rings (SSSR count). The number of ether oxygens (including phenoxy) is 2. The summed E-state index contributed by atoms with van der Waals surface area (Å²) in [7, 11) is 0. The number of hydrogen-bond donors (Lipinski definition) is 0. The van der Waals surface area contributed by atoms with Crippen LogP contribution in [0.3, 0.4) is 0 Å². The summed E-state index contributed by atoms with van der Waals surface area (Å²) < 4.78 is 8.87. The van der Waals surface area contributed by atoms with Crippen LogP contribution in [0.15, 0.2) is 0 Å². The van der Waals surface area contributed by atoms with Gasteiger partial charge in [-0.2, -0.15) is 0 Å². The zero-order valence-electron chi connectivity index (χ0n) is 8.99. The second-order valence-electron chi connectivity index (χ2n) is 2.02. The van der Waals surface area contributed by atoms with Crippen molar-refractivity contribution in [2.75, 3.05) is 26.4 Å². The molecular formula is C8H16O6Pb. The number of rotatable bonds is 6. The molecule has 0 atom stereocenters. The van der Waals surface area contributed by atoms with E-state index in [4.69, 9.17) is 0 Å². The fraction of sp³-hybridized carbons (Fsp3) is 0.750. The molecule has 0 unspecified atom stereocenters. The van der Waals surface area contributed by atoms with Gasteiger partial charge in [-0.25, -0.2) is 0 Å². The van der Waals surface area contributed by atoms with Crippen molar-refractivity contribution in [1.82, 2.24) is 0 Å². The van der Waals surface area contributed by atoms with Crippen molar-refractivity contribution in [3.05, 3.63) is 0 Å². The molecule has 0 saturated carbocycles. The van der Waals surface area contributed by atoms with Crippen molar-refractivity contribution in [1.29, 1.82) is 0 Å². The van der Waals surface area contributed by atoms with E-state index in [1.54, 1.807) is 13.8 Å². The fourth-order valence-electron chi connectivity index (χ4n) is 0.371. The molecule has 15 heavy (non-hydrogen) atoms. The summed E-state index contributed by atoms with van der Waals surface area (Å²) in [6.45, 7) is 3.71. The predicted molar refractivity (Wildman–Crippen MR) is 51.5 cm³/mol. The minimum absolute atomic E-state index is 0. The zero-order valence-corrected chi connectivity index (χ0v) is 14.5. The topological polar surface area (TPSA) is 98.7 Å². The number of hydrogen-bond acceptors (Lipinski definition) is 6. The molecule has 0 aliphatic heterocycles. The molecule has 0 aliphatic rings. The van der Waals surface area contributed by atoms with Gasteiger partial charge in [0.2, 0.25) is 0 Å². The van der Waals surface area contributed by atoms with E-state index >= 15 is 0 Å². The van der Waals surface area contributed by atoms with E-state index in [0.717, 1.165) is 0 Å². The van der Waals surface area contributed by atoms with E-state index in [1.807, 2.05) is 0 Å². The van der Waals surface area contributed by atoms with Gasteiger partial charge < -0.3 is 29.3 Å². The van der Waals surface area contributed by atoms with Crippen molar-refractivity contribution in [3.63, 3.8) is 0 Å². The van der Waals surface area contributed by atoms with E-state index in [2.05, 4.69) is 9.47 Å². The molecule has 0 aromatic rings. The summed E-state index contributed by atoms with van der Waals surface area (Å²) in [6, 6.07) is 0. The number of carboxylic acid groups (broad SMARTS) is 2. The van der Waals surface area contributed by atoms with Crippen LogP contribution in [0.1, 0.15) is 13.8 Å². The van der Waals surface area contributed by atoms with Crippen LogP contribution in [-0.4, -0.2) is 65.7 Å². The molecule has 0 bridgehead atoms. The Kier molecular flexibility index (Phi) is 21.9. The quantitative estimate of drug-likeness (QED) is 0.420. The average molecular weight is 415 g/mol. The Labute approximate surface area is 109 Å². The summed E-state index contributed by atoms with van der Waals surface area (Å²) in [5.41, 5.74) is 0. The number of carbonyl (C=O) groups excluding carboxylic acids is 2. The van der Waals surface area contributed by atoms with Gasteiger partial charge in [-0.05, 0) is 13.8 Å². The van der Waals surface area contributed by atoms with E-state index in [1.165, 1.54) is 0 Å². The summed E-state index contributed by atoms with van der Waals surface area (Å²) in [4.78, 5) is 19.0. The van der Waals surface area contributed by atoms with Gasteiger partial charge in [-0.3, -0.25) is 0 Å². The molecule has 0 heterocycles. The Hall–Kier alpha value is -0.218. The second kappa shape index (κ2) is 16.2. The predicted octanol–water partition coefficient (Wildman–Crippen LogP) is -3.37. The van der Waals surface area contributed by atoms with Crippen molar-refractivity contribution in [2.24, 2.45) is 0 Å². The van der Waals surface area contributed by atoms with Crippen LogP contribution in [-0.2, 0) is 19.1 Å². The van der Waals surface area contributed by atoms with Crippen LogP contribution in [0.2, 0.25) is 0 Å². The molecule has 0 aromatic heterocycles. The third-order valence-electron chi connectivity index (χ3n) is 0.848. The minimum atomic E-state index is -1.16. The number of carbonyl (C=O) groups is 2. The summed E-state index contributed by atoms with van der Waals surface area (Å²) in [5.74, 6) is -2.33. The van der Waals surface area contributed by atoms with Gasteiger partial charge in [-0.15, -0.1) is 0 Å². The van der Waals surface area contributed by atoms with Crippen LogP contribution >= 0.6 is 0 Å². The van der Waals surface area contributed by atoms with Crippen molar-refractivity contribution < 1.29 is 29.3 Å². The van der Waals surface area contributed by atoms with Crippen molar-refractivity contribution in [3.8, 4) is 0 Å². The Bertz CT molecular complexity index is 143. The molecule has 0 spiro atoms. The van der Waals surface area contributed by atoms with E-state index in [-0.39, 0.29) is 40.5 Å². The van der Waals surface area contributed by atoms with Gasteiger partial charge in [0, 0.05) is 13.2 Å². The first-order chi connectivity index (χ1) is 6.54. The third kappa shape index (κ3) is 31.6. The van der Waals surface area contributed by atoms with Crippen LogP contribution in [0.25, 0.3) is 0 Å². The van der Waals surface area contributed by atoms with Gasteiger partial charge in [0.15, 0.2) is 0 Å². The standard InChI is InChI=1S/2C4H8O3.Pb.2H/c2*1-2-7-3-4(5)6;;;/h2*2-3H2,1H3,(H,5,6);;;/q;;+2;;/p-2. The third-order valence-corrected chi connectivity index (χ3v) is 0.848. The molecule has 88 valence electrons. The fourth-order valence-corrected chi connectivity index (χ4v) is 0.371. The van der Waals surface area contributed by atoms with Crippen LogP contribution in [0.4, 0.5) is 0 Å². The van der Waals surface area contributed by atoms with E-state index < -0.39 is 11.9 Å². The van der Waals surface area contributed by atoms with Gasteiger partial charge >= 0.3 is 27.3 Å². The average Bonchev–Trinajstić information content (AvgIpc) is 2.12. The Balaban J connectivity index is -0.000000180. The molecule has 0 N–H and O–H groups in total. The first kappa shape index (κ1) is 20.2. The van der Waals surface area contributed by atoms with Crippen molar-refractivity contribution >= 4 is 39.2 Å². The Morgan fingerprint density at radius 2 is 1.20 bits per heavy atom. The maximum absolute atomic E-state index is 9.52. The molecule has 6 nitrogen and oxygen atoms in total. The Morgan fingerprint density at radius 3 is 1.27 bits per heavy atom. The van der Waals surface area contributed by atoms with Crippen molar-refractivity contribution in [2.45, 2.75) is 13.8 Å². The monoisotopic (exact) mass is 416 g/mol. The van der Waals surface area contributed by atoms with E-state index in [9.17, 15) is 19.8 Å². The first-order valence-corrected chi connectivity index (χ1v) is 4.09. The molecule has 0 radical (unpaired) electrons. The number of carboxylic acids is 2. The zero-order chi connectivity index (χ0) is 11.4. The molecule has 0 saturated heterocycles. The van der Waals surface area contributed by atoms with Gasteiger partial charge in [0.1, 0.15) is 0 Å². The Morgan fingerprint density at radius 1 is 0.933 bits per heavy atom. The van der Waals surface area contributed by atoms with Crippen LogP contribution in [0.5, 0.6) is 0 Å². The summed E-state index contributed by atoms with van der Waals surface area (Å²) in [5, 5.41) is 19.0. The summed E-state index contributed by atoms with van der Waals surface area (Å²) in [6.07, 6.45) is 0. The van der Waals surface area contributed by atoms with Crippen LogP contribution in [0, 0.1) is 0 Å². The molecule has 0 aliphatic carbocycles. The first-order valence-electron chi connectivity index (χ1n) is 4.09. The van der Waals surface area contributed by atoms with Gasteiger partial charge in [-0.1, -0.05) is 0 Å². The van der Waals surface area contributed by atoms with E-state index in [0.29, 0.717) is 13.2 Å². The van der Waals surface area contributed by atoms with Gasteiger partial charge in [0.25, 0.3) is 0 Å². The summed E-state index contributed by atoms with van der Waals surface area (Å²) >= 11 is 0. The molecule has 7 heteroatoms. The van der Waals surface area contributed by atoms with Gasteiger partial charge in [0.05, 0.1) is 25.2 Å². The molecular weight excluding hydrogens is 399 g/mol. The molecule has 0 fully saturated rings.